The predicted octanol–water partition coefficient (Wildman–Crippen LogP) is 0.574. The number of fused-ring (bicyclic) bond motifs is 1. The molecular weight excluding hydrogens is 458 g/mol. The lowest BCUT2D eigenvalue weighted by atomic mass is 9.95. The van der Waals surface area contributed by atoms with E-state index in [0.717, 1.165) is 63.3 Å². The van der Waals surface area contributed by atoms with Gasteiger partial charge in [-0.05, 0) is 76.3 Å². The number of nitrogens with two attached hydrogens (primary N) is 1. The lowest BCUT2D eigenvalue weighted by Gasteiger charge is -2.36. The molecular formula is C27H33N5O4. The van der Waals surface area contributed by atoms with E-state index in [1.165, 1.54) is 0 Å². The summed E-state index contributed by atoms with van der Waals surface area (Å²) in [4.78, 5) is 55.8. The van der Waals surface area contributed by atoms with Crippen LogP contribution in [0.15, 0.2) is 18.2 Å². The summed E-state index contributed by atoms with van der Waals surface area (Å²) >= 11 is 0. The van der Waals surface area contributed by atoms with Gasteiger partial charge in [0, 0.05) is 24.6 Å². The molecule has 0 aromatic heterocycles. The maximum atomic E-state index is 13.2. The van der Waals surface area contributed by atoms with Crippen LogP contribution < -0.4 is 11.1 Å². The molecule has 1 aromatic rings. The Bertz CT molecular complexity index is 1120. The second-order valence-corrected chi connectivity index (χ2v) is 10.3. The highest BCUT2D eigenvalue weighted by Crippen LogP contribution is 2.29. The fraction of sp³-hybridized carbons (Fsp3) is 0.556. The van der Waals surface area contributed by atoms with Gasteiger partial charge in [-0.25, -0.2) is 0 Å². The molecule has 1 aromatic carbocycles. The highest BCUT2D eigenvalue weighted by Gasteiger charge is 2.45. The van der Waals surface area contributed by atoms with Gasteiger partial charge in [-0.2, -0.15) is 0 Å². The minimum atomic E-state index is -0.973. The van der Waals surface area contributed by atoms with E-state index in [1.807, 2.05) is 0 Å². The number of rotatable bonds is 4. The summed E-state index contributed by atoms with van der Waals surface area (Å²) in [6.07, 6.45) is 4.73. The van der Waals surface area contributed by atoms with Crippen molar-refractivity contribution in [2.75, 3.05) is 39.3 Å². The van der Waals surface area contributed by atoms with Crippen LogP contribution >= 0.6 is 0 Å². The molecule has 3 fully saturated rings. The SMILES string of the molecule is NC1CCN(CC2CCN(CC#Cc3cccc4c3C(=O)N(C3CCC(=O)NC3=O)C4=O)CC2)CC1. The molecule has 5 rings (SSSR count). The molecule has 1 atom stereocenters. The molecule has 0 bridgehead atoms. The average Bonchev–Trinajstić information content (AvgIpc) is 3.12. The Morgan fingerprint density at radius 3 is 2.36 bits per heavy atom. The zero-order valence-electron chi connectivity index (χ0n) is 20.5. The van der Waals surface area contributed by atoms with Crippen molar-refractivity contribution in [1.29, 1.82) is 0 Å². The Kier molecular flexibility index (Phi) is 7.19. The number of likely N-dealkylation sites (tertiary alicyclic amines) is 2. The largest absolute Gasteiger partial charge is 0.328 e. The van der Waals surface area contributed by atoms with Gasteiger partial charge >= 0.3 is 0 Å². The highest BCUT2D eigenvalue weighted by molar-refractivity contribution is 6.24. The molecule has 9 nitrogen and oxygen atoms in total. The number of benzene rings is 1. The number of hydrogen-bond acceptors (Lipinski definition) is 7. The standard InChI is InChI=1S/C27H33N5O4/c28-20-10-15-31(16-11-20)17-18-8-13-30(14-9-18)12-2-4-19-3-1-5-21-24(19)27(36)32(26(21)35)22-6-7-23(33)29-25(22)34/h1,3,5,18,20,22H,6-17,28H2,(H,29,33,34). The van der Waals surface area contributed by atoms with E-state index in [1.54, 1.807) is 18.2 Å². The van der Waals surface area contributed by atoms with E-state index >= 15 is 0 Å². The van der Waals surface area contributed by atoms with Gasteiger partial charge in [0.05, 0.1) is 17.7 Å². The first-order valence-corrected chi connectivity index (χ1v) is 12.9. The summed E-state index contributed by atoms with van der Waals surface area (Å²) in [5, 5.41) is 2.22. The molecule has 0 saturated carbocycles. The van der Waals surface area contributed by atoms with Crippen molar-refractivity contribution in [3.8, 4) is 11.8 Å². The fourth-order valence-electron chi connectivity index (χ4n) is 5.69. The molecule has 0 aliphatic carbocycles. The van der Waals surface area contributed by atoms with Gasteiger partial charge in [0.2, 0.25) is 11.8 Å². The molecule has 36 heavy (non-hydrogen) atoms. The fourth-order valence-corrected chi connectivity index (χ4v) is 5.69. The maximum Gasteiger partial charge on any atom is 0.263 e. The van der Waals surface area contributed by atoms with Gasteiger partial charge in [0.25, 0.3) is 11.8 Å². The van der Waals surface area contributed by atoms with Crippen LogP contribution in [-0.4, -0.2) is 89.7 Å². The monoisotopic (exact) mass is 491 g/mol. The molecule has 0 spiro atoms. The first kappa shape index (κ1) is 24.6. The van der Waals surface area contributed by atoms with Crippen molar-refractivity contribution in [2.45, 2.75) is 50.6 Å². The minimum Gasteiger partial charge on any atom is -0.328 e. The first-order chi connectivity index (χ1) is 17.4. The summed E-state index contributed by atoms with van der Waals surface area (Å²) in [7, 11) is 0. The Morgan fingerprint density at radius 1 is 0.917 bits per heavy atom. The molecule has 4 aliphatic rings. The number of hydrogen-bond donors (Lipinski definition) is 2. The number of nitrogens with one attached hydrogen (secondary N) is 1. The summed E-state index contributed by atoms with van der Waals surface area (Å²) < 4.78 is 0. The Hall–Kier alpha value is -3.06. The quantitative estimate of drug-likeness (QED) is 0.467. The second-order valence-electron chi connectivity index (χ2n) is 10.3. The third-order valence-electron chi connectivity index (χ3n) is 7.85. The summed E-state index contributed by atoms with van der Waals surface area (Å²) in [5.41, 5.74) is 7.03. The molecule has 9 heteroatoms. The summed E-state index contributed by atoms with van der Waals surface area (Å²) in [6.45, 7) is 5.98. The van der Waals surface area contributed by atoms with Crippen LogP contribution in [-0.2, 0) is 9.59 Å². The van der Waals surface area contributed by atoms with Crippen LogP contribution in [0.5, 0.6) is 0 Å². The summed E-state index contributed by atoms with van der Waals surface area (Å²) in [6, 6.07) is 4.43. The van der Waals surface area contributed by atoms with E-state index in [-0.39, 0.29) is 29.9 Å². The molecule has 3 saturated heterocycles. The zero-order valence-corrected chi connectivity index (χ0v) is 20.5. The topological polar surface area (TPSA) is 116 Å². The molecule has 0 radical (unpaired) electrons. The van der Waals surface area contributed by atoms with Gasteiger partial charge < -0.3 is 10.6 Å². The van der Waals surface area contributed by atoms with Crippen molar-refractivity contribution in [3.63, 3.8) is 0 Å². The van der Waals surface area contributed by atoms with Crippen LogP contribution in [0.1, 0.15) is 64.8 Å². The van der Waals surface area contributed by atoms with Gasteiger partial charge in [-0.1, -0.05) is 17.9 Å². The lowest BCUT2D eigenvalue weighted by molar-refractivity contribution is -0.136. The third-order valence-corrected chi connectivity index (χ3v) is 7.85. The number of carbonyl (C=O) groups excluding carboxylic acids is 4. The number of piperidine rings is 3. The van der Waals surface area contributed by atoms with Crippen LogP contribution in [0.25, 0.3) is 0 Å². The van der Waals surface area contributed by atoms with E-state index in [9.17, 15) is 19.2 Å². The number of carbonyl (C=O) groups is 4. The normalized spacial score (nSPS) is 24.5. The van der Waals surface area contributed by atoms with E-state index in [2.05, 4.69) is 27.0 Å². The van der Waals surface area contributed by atoms with Crippen molar-refractivity contribution in [1.82, 2.24) is 20.0 Å². The third kappa shape index (κ3) is 5.07. The first-order valence-electron chi connectivity index (χ1n) is 12.9. The average molecular weight is 492 g/mol. The molecule has 3 N–H and O–H groups in total. The highest BCUT2D eigenvalue weighted by atomic mass is 16.2. The van der Waals surface area contributed by atoms with Gasteiger partial charge in [0.15, 0.2) is 0 Å². The number of imide groups is 2. The van der Waals surface area contributed by atoms with Crippen molar-refractivity contribution < 1.29 is 19.2 Å². The molecule has 4 heterocycles. The van der Waals surface area contributed by atoms with Gasteiger partial charge in [-0.3, -0.25) is 34.3 Å². The maximum absolute atomic E-state index is 13.2. The van der Waals surface area contributed by atoms with Gasteiger partial charge in [0.1, 0.15) is 6.04 Å². The van der Waals surface area contributed by atoms with E-state index < -0.39 is 23.8 Å². The Labute approximate surface area is 211 Å². The molecule has 1 unspecified atom stereocenters. The van der Waals surface area contributed by atoms with Crippen LogP contribution in [0.4, 0.5) is 0 Å². The van der Waals surface area contributed by atoms with Crippen LogP contribution in [0.3, 0.4) is 0 Å². The molecule has 4 amide bonds. The molecule has 4 aliphatic heterocycles. The van der Waals surface area contributed by atoms with Crippen LogP contribution in [0, 0.1) is 17.8 Å². The lowest BCUT2D eigenvalue weighted by Crippen LogP contribution is -2.54. The van der Waals surface area contributed by atoms with Crippen molar-refractivity contribution in [2.24, 2.45) is 11.7 Å². The number of amides is 4. The predicted molar refractivity (Wildman–Crippen MR) is 133 cm³/mol. The smallest absolute Gasteiger partial charge is 0.263 e. The Morgan fingerprint density at radius 2 is 1.64 bits per heavy atom. The number of nitrogens with zero attached hydrogens (tertiary/aromatic N) is 3. The van der Waals surface area contributed by atoms with Crippen molar-refractivity contribution >= 4 is 23.6 Å². The zero-order chi connectivity index (χ0) is 25.2. The molecule has 190 valence electrons. The van der Waals surface area contributed by atoms with Crippen LogP contribution in [0.2, 0.25) is 0 Å². The second kappa shape index (κ2) is 10.5. The van der Waals surface area contributed by atoms with Gasteiger partial charge in [-0.15, -0.1) is 0 Å². The minimum absolute atomic E-state index is 0.0966. The Balaban J connectivity index is 1.19. The van der Waals surface area contributed by atoms with Crippen molar-refractivity contribution in [3.05, 3.63) is 34.9 Å². The van der Waals surface area contributed by atoms with E-state index in [0.29, 0.717) is 24.1 Å². The summed E-state index contributed by atoms with van der Waals surface area (Å²) in [5.74, 6) is 4.98. The van der Waals surface area contributed by atoms with E-state index in [4.69, 9.17) is 5.73 Å².